The maximum absolute atomic E-state index is 12.8. The topological polar surface area (TPSA) is 12.0 Å². The van der Waals surface area contributed by atoms with E-state index in [1.807, 2.05) is 30.3 Å². The molecule has 1 rings (SSSR count). The molecule has 0 aliphatic carbocycles. The van der Waals surface area contributed by atoms with Crippen LogP contribution in [0.25, 0.3) is 0 Å². The summed E-state index contributed by atoms with van der Waals surface area (Å²) in [6, 6.07) is 9.60. The highest BCUT2D eigenvalue weighted by molar-refractivity contribution is 14.2. The van der Waals surface area contributed by atoms with Crippen molar-refractivity contribution in [3.05, 3.63) is 30.3 Å². The van der Waals surface area contributed by atoms with Crippen LogP contribution in [0.5, 0.6) is 0 Å². The van der Waals surface area contributed by atoms with E-state index >= 15 is 0 Å². The van der Waals surface area contributed by atoms with Crippen molar-refractivity contribution in [1.29, 1.82) is 0 Å². The van der Waals surface area contributed by atoms with E-state index in [1.54, 1.807) is 0 Å². The molecular weight excluding hydrogens is 311 g/mol. The van der Waals surface area contributed by atoms with E-state index in [9.17, 15) is 8.78 Å². The van der Waals surface area contributed by atoms with Gasteiger partial charge in [0.25, 0.3) is 3.93 Å². The minimum atomic E-state index is -2.50. The summed E-state index contributed by atoms with van der Waals surface area (Å²) in [5, 5.41) is 3.10. The fraction of sp³-hybridized carbons (Fsp3) is 0.364. The van der Waals surface area contributed by atoms with Crippen LogP contribution in [0.4, 0.5) is 14.5 Å². The van der Waals surface area contributed by atoms with E-state index in [1.165, 1.54) is 0 Å². The molecule has 0 aliphatic rings. The van der Waals surface area contributed by atoms with Gasteiger partial charge in [-0.15, -0.1) is 0 Å². The minimum absolute atomic E-state index is 0.0520. The average Bonchev–Trinajstić information content (AvgIpc) is 2.26. The highest BCUT2D eigenvalue weighted by Gasteiger charge is 2.23. The number of anilines is 1. The van der Waals surface area contributed by atoms with Crippen LogP contribution in [0.2, 0.25) is 0 Å². The fourth-order valence-electron chi connectivity index (χ4n) is 1.14. The third-order valence-corrected chi connectivity index (χ3v) is 3.59. The van der Waals surface area contributed by atoms with Crippen LogP contribution < -0.4 is 5.32 Å². The summed E-state index contributed by atoms with van der Waals surface area (Å²) >= 11 is -1.22. The molecule has 1 N–H and O–H groups in total. The van der Waals surface area contributed by atoms with Gasteiger partial charge >= 0.3 is 0 Å². The second-order valence-corrected chi connectivity index (χ2v) is 5.49. The summed E-state index contributed by atoms with van der Waals surface area (Å²) in [4.78, 5) is 0. The highest BCUT2D eigenvalue weighted by Crippen LogP contribution is 2.31. The molecule has 0 radical (unpaired) electrons. The van der Waals surface area contributed by atoms with E-state index in [2.05, 4.69) is 9.83 Å². The summed E-state index contributed by atoms with van der Waals surface area (Å²) in [7, 11) is 0. The molecule has 0 fully saturated rings. The predicted octanol–water partition coefficient (Wildman–Crippen LogP) is 3.87. The number of hydrogen-bond acceptors (Lipinski definition) is 1. The number of alkyl halides is 3. The van der Waals surface area contributed by atoms with Gasteiger partial charge < -0.3 is 5.32 Å². The van der Waals surface area contributed by atoms with Gasteiger partial charge in [0, 0.05) is 18.7 Å². The van der Waals surface area contributed by atoms with Crippen molar-refractivity contribution in [1.82, 2.24) is 0 Å². The predicted molar refractivity (Wildman–Crippen MR) is 70.3 cm³/mol. The Balaban J connectivity index is 2.20. The zero-order chi connectivity index (χ0) is 11.1. The van der Waals surface area contributed by atoms with Crippen LogP contribution >= 0.6 is 20.7 Å². The SMILES string of the molecule is C=IC(F)(F)CCCNc1ccccc1. The lowest BCUT2D eigenvalue weighted by Crippen LogP contribution is -2.09. The van der Waals surface area contributed by atoms with E-state index in [0.717, 1.165) is 5.69 Å². The standard InChI is InChI=1S/C11H14F2IN/c1-14-11(12,13)8-5-9-15-10-6-3-2-4-7-10/h2-4,6-7,15H,1,5,8-9H2. The zero-order valence-corrected chi connectivity index (χ0v) is 10.5. The largest absolute Gasteiger partial charge is 0.385 e. The van der Waals surface area contributed by atoms with Gasteiger partial charge in [-0.25, -0.2) is 0 Å². The molecule has 0 amide bonds. The molecule has 1 nitrogen and oxygen atoms in total. The van der Waals surface area contributed by atoms with Gasteiger partial charge in [0.1, 0.15) is 0 Å². The first-order chi connectivity index (χ1) is 7.14. The second kappa shape index (κ2) is 6.15. The van der Waals surface area contributed by atoms with Gasteiger partial charge in [0.05, 0.1) is 0 Å². The van der Waals surface area contributed by atoms with Gasteiger partial charge in [-0.05, 0) is 18.6 Å². The van der Waals surface area contributed by atoms with Crippen molar-refractivity contribution in [2.24, 2.45) is 0 Å². The van der Waals surface area contributed by atoms with E-state index < -0.39 is 24.7 Å². The Bertz CT molecular complexity index is 301. The van der Waals surface area contributed by atoms with Crippen molar-refractivity contribution in [3.8, 4) is 0 Å². The molecule has 0 unspecified atom stereocenters. The maximum Gasteiger partial charge on any atom is 0.291 e. The normalized spacial score (nSPS) is 11.3. The lowest BCUT2D eigenvalue weighted by molar-refractivity contribution is 0.115. The number of hydrogen-bond donors (Lipinski definition) is 1. The molecule has 4 heteroatoms. The molecule has 0 bridgehead atoms. The summed E-state index contributed by atoms with van der Waals surface area (Å²) in [5.41, 5.74) is 0.977. The molecule has 1 aromatic carbocycles. The van der Waals surface area contributed by atoms with Crippen LogP contribution in [0.3, 0.4) is 0 Å². The molecular formula is C11H14F2IN. The zero-order valence-electron chi connectivity index (χ0n) is 8.35. The van der Waals surface area contributed by atoms with Gasteiger partial charge in [0.2, 0.25) is 0 Å². The number of para-hydroxylation sites is 1. The molecule has 0 aromatic heterocycles. The first-order valence-corrected chi connectivity index (χ1v) is 7.31. The molecule has 0 heterocycles. The highest BCUT2D eigenvalue weighted by atomic mass is 127. The Hall–Kier alpha value is -0.520. The lowest BCUT2D eigenvalue weighted by atomic mass is 10.3. The van der Waals surface area contributed by atoms with Gasteiger partial charge in [-0.1, -0.05) is 43.4 Å². The van der Waals surface area contributed by atoms with Gasteiger partial charge in [-0.2, -0.15) is 8.78 Å². The van der Waals surface area contributed by atoms with Crippen molar-refractivity contribution < 1.29 is 8.78 Å². The minimum Gasteiger partial charge on any atom is -0.385 e. The summed E-state index contributed by atoms with van der Waals surface area (Å²) in [6.45, 7) is 0.587. The quantitative estimate of drug-likeness (QED) is 0.476. The van der Waals surface area contributed by atoms with E-state index in [-0.39, 0.29) is 6.42 Å². The Morgan fingerprint density at radius 2 is 1.93 bits per heavy atom. The van der Waals surface area contributed by atoms with Gasteiger partial charge in [-0.3, -0.25) is 0 Å². The number of nitrogens with one attached hydrogen (secondary N) is 1. The molecule has 0 atom stereocenters. The fourth-order valence-corrected chi connectivity index (χ4v) is 1.91. The molecule has 1 aromatic rings. The third kappa shape index (κ3) is 5.20. The van der Waals surface area contributed by atoms with Crippen molar-refractivity contribution >= 4 is 30.9 Å². The van der Waals surface area contributed by atoms with Crippen molar-refractivity contribution in [2.45, 2.75) is 16.8 Å². The lowest BCUT2D eigenvalue weighted by Gasteiger charge is -2.10. The maximum atomic E-state index is 12.8. The number of benzene rings is 1. The Kier molecular flexibility index (Phi) is 5.14. The van der Waals surface area contributed by atoms with E-state index in [0.29, 0.717) is 13.0 Å². The molecule has 0 saturated carbocycles. The second-order valence-electron chi connectivity index (χ2n) is 3.15. The smallest absolute Gasteiger partial charge is 0.291 e. The monoisotopic (exact) mass is 325 g/mol. The first kappa shape index (κ1) is 12.5. The van der Waals surface area contributed by atoms with Crippen LogP contribution in [0, 0.1) is 0 Å². The molecule has 84 valence electrons. The van der Waals surface area contributed by atoms with Crippen LogP contribution in [0.1, 0.15) is 12.8 Å². The van der Waals surface area contributed by atoms with Crippen LogP contribution in [-0.2, 0) is 0 Å². The molecule has 15 heavy (non-hydrogen) atoms. The van der Waals surface area contributed by atoms with Gasteiger partial charge in [0.15, 0.2) is 0 Å². The van der Waals surface area contributed by atoms with Crippen molar-refractivity contribution in [3.63, 3.8) is 0 Å². The average molecular weight is 325 g/mol. The van der Waals surface area contributed by atoms with Crippen molar-refractivity contribution in [2.75, 3.05) is 11.9 Å². The molecule has 0 saturated heterocycles. The Morgan fingerprint density at radius 1 is 1.27 bits per heavy atom. The summed E-state index contributed by atoms with van der Waals surface area (Å²) in [5.74, 6) is 0. The first-order valence-electron chi connectivity index (χ1n) is 4.70. The Labute approximate surface area is 98.6 Å². The molecule has 0 spiro atoms. The van der Waals surface area contributed by atoms with Crippen LogP contribution in [-0.4, -0.2) is 15.0 Å². The summed E-state index contributed by atoms with van der Waals surface area (Å²) in [6.07, 6.45) is 0.431. The molecule has 0 aliphatic heterocycles. The number of halogens is 3. The van der Waals surface area contributed by atoms with Crippen LogP contribution in [0.15, 0.2) is 30.3 Å². The Morgan fingerprint density at radius 3 is 2.53 bits per heavy atom. The number of rotatable bonds is 6. The van der Waals surface area contributed by atoms with E-state index in [4.69, 9.17) is 0 Å². The summed E-state index contributed by atoms with van der Waals surface area (Å²) < 4.78 is 26.5. The third-order valence-electron chi connectivity index (χ3n) is 1.94.